The fourth-order valence-corrected chi connectivity index (χ4v) is 3.70. The van der Waals surface area contributed by atoms with Crippen molar-refractivity contribution in [3.05, 3.63) is 63.1 Å². The molecule has 32 heavy (non-hydrogen) atoms. The summed E-state index contributed by atoms with van der Waals surface area (Å²) < 4.78 is 5.82. The van der Waals surface area contributed by atoms with Crippen LogP contribution in [0, 0.1) is 13.8 Å². The van der Waals surface area contributed by atoms with Gasteiger partial charge in [-0.05, 0) is 62.9 Å². The summed E-state index contributed by atoms with van der Waals surface area (Å²) in [5.74, 6) is 0.194. The minimum absolute atomic E-state index is 0.0185. The highest BCUT2D eigenvalue weighted by atomic mass is 35.5. The second-order valence-corrected chi connectivity index (χ2v) is 8.88. The van der Waals surface area contributed by atoms with Gasteiger partial charge in [-0.1, -0.05) is 60.8 Å². The van der Waals surface area contributed by atoms with Gasteiger partial charge in [0.1, 0.15) is 11.8 Å². The van der Waals surface area contributed by atoms with Gasteiger partial charge in [0, 0.05) is 12.6 Å². The molecular weight excluding hydrogens is 447 g/mol. The number of aryl methyl sites for hydroxylation is 2. The Balaban J connectivity index is 2.26. The number of ether oxygens (including phenoxy) is 1. The Morgan fingerprint density at radius 2 is 1.75 bits per heavy atom. The zero-order chi connectivity index (χ0) is 23.8. The lowest BCUT2D eigenvalue weighted by Crippen LogP contribution is -2.51. The molecule has 0 spiro atoms. The number of halogens is 2. The molecule has 7 heteroatoms. The Bertz CT molecular complexity index is 949. The van der Waals surface area contributed by atoms with Crippen LogP contribution in [0.2, 0.25) is 10.0 Å². The first-order valence-corrected chi connectivity index (χ1v) is 11.7. The van der Waals surface area contributed by atoms with Crippen molar-refractivity contribution < 1.29 is 14.3 Å². The van der Waals surface area contributed by atoms with Gasteiger partial charge >= 0.3 is 0 Å². The number of nitrogens with one attached hydrogen (secondary N) is 1. The third-order valence-electron chi connectivity index (χ3n) is 5.41. The maximum atomic E-state index is 13.3. The second-order valence-electron chi connectivity index (χ2n) is 8.07. The normalized spacial score (nSPS) is 12.7. The molecule has 0 radical (unpaired) electrons. The van der Waals surface area contributed by atoms with E-state index in [0.717, 1.165) is 23.1 Å². The van der Waals surface area contributed by atoms with E-state index in [9.17, 15) is 9.59 Å². The standard InChI is InChI=1S/C25H32Cl2N2O3/c1-6-18(5)28-25(31)22(7-2)29(14-19-9-10-20(26)21(27)13-19)24(30)15-32-23-11-8-16(3)12-17(23)4/h8-13,18,22H,6-7,14-15H2,1-5H3,(H,28,31)/t18-,22+/m1/s1. The highest BCUT2D eigenvalue weighted by Crippen LogP contribution is 2.24. The van der Waals surface area contributed by atoms with E-state index in [2.05, 4.69) is 5.32 Å². The van der Waals surface area contributed by atoms with Gasteiger partial charge in [-0.25, -0.2) is 0 Å². The predicted octanol–water partition coefficient (Wildman–Crippen LogP) is 5.71. The molecule has 174 valence electrons. The number of hydrogen-bond acceptors (Lipinski definition) is 3. The lowest BCUT2D eigenvalue weighted by Gasteiger charge is -2.31. The Labute approximate surface area is 201 Å². The van der Waals surface area contributed by atoms with Crippen molar-refractivity contribution in [3.8, 4) is 5.75 Å². The van der Waals surface area contributed by atoms with Gasteiger partial charge in [-0.3, -0.25) is 9.59 Å². The van der Waals surface area contributed by atoms with Crippen LogP contribution >= 0.6 is 23.2 Å². The molecule has 0 saturated carbocycles. The Hall–Kier alpha value is -2.24. The van der Waals surface area contributed by atoms with Gasteiger partial charge in [0.05, 0.1) is 10.0 Å². The molecule has 0 aliphatic heterocycles. The van der Waals surface area contributed by atoms with Crippen molar-refractivity contribution in [2.45, 2.75) is 66.1 Å². The maximum Gasteiger partial charge on any atom is 0.261 e. The number of rotatable bonds is 10. The van der Waals surface area contributed by atoms with Crippen LogP contribution < -0.4 is 10.1 Å². The van der Waals surface area contributed by atoms with Crippen molar-refractivity contribution in [3.63, 3.8) is 0 Å². The topological polar surface area (TPSA) is 58.6 Å². The van der Waals surface area contributed by atoms with Crippen molar-refractivity contribution >= 4 is 35.0 Å². The summed E-state index contributed by atoms with van der Waals surface area (Å²) in [5, 5.41) is 3.83. The smallest absolute Gasteiger partial charge is 0.261 e. The van der Waals surface area contributed by atoms with Crippen molar-refractivity contribution in [1.82, 2.24) is 10.2 Å². The van der Waals surface area contributed by atoms with Gasteiger partial charge in [0.2, 0.25) is 5.91 Å². The number of nitrogens with zero attached hydrogens (tertiary/aromatic N) is 1. The van der Waals surface area contributed by atoms with E-state index in [1.165, 1.54) is 0 Å². The van der Waals surface area contributed by atoms with Crippen LogP contribution in [0.15, 0.2) is 36.4 Å². The number of amides is 2. The van der Waals surface area contributed by atoms with Crippen LogP contribution in [-0.2, 0) is 16.1 Å². The van der Waals surface area contributed by atoms with Gasteiger partial charge in [-0.2, -0.15) is 0 Å². The third-order valence-corrected chi connectivity index (χ3v) is 6.14. The molecule has 0 unspecified atom stereocenters. The summed E-state index contributed by atoms with van der Waals surface area (Å²) in [6.07, 6.45) is 1.28. The van der Waals surface area contributed by atoms with Gasteiger partial charge < -0.3 is 15.0 Å². The van der Waals surface area contributed by atoms with E-state index in [1.54, 1.807) is 23.1 Å². The Kier molecular flexibility index (Phi) is 9.85. The molecule has 2 atom stereocenters. The summed E-state index contributed by atoms with van der Waals surface area (Å²) in [7, 11) is 0. The molecule has 0 fully saturated rings. The molecule has 0 saturated heterocycles. The van der Waals surface area contributed by atoms with Crippen LogP contribution in [0.25, 0.3) is 0 Å². The van der Waals surface area contributed by atoms with E-state index in [4.69, 9.17) is 27.9 Å². The first kappa shape index (κ1) is 26.0. The van der Waals surface area contributed by atoms with Crippen LogP contribution in [0.3, 0.4) is 0 Å². The average molecular weight is 479 g/mol. The highest BCUT2D eigenvalue weighted by molar-refractivity contribution is 6.42. The lowest BCUT2D eigenvalue weighted by atomic mass is 10.1. The number of benzene rings is 2. The molecule has 5 nitrogen and oxygen atoms in total. The molecule has 0 aromatic heterocycles. The Morgan fingerprint density at radius 3 is 2.34 bits per heavy atom. The molecule has 2 rings (SSSR count). The molecule has 0 bridgehead atoms. The van der Waals surface area contributed by atoms with Crippen LogP contribution in [0.5, 0.6) is 5.75 Å². The average Bonchev–Trinajstić information content (AvgIpc) is 2.75. The highest BCUT2D eigenvalue weighted by Gasteiger charge is 2.29. The van der Waals surface area contributed by atoms with E-state index < -0.39 is 6.04 Å². The van der Waals surface area contributed by atoms with Crippen molar-refractivity contribution in [1.29, 1.82) is 0 Å². The summed E-state index contributed by atoms with van der Waals surface area (Å²) in [6.45, 7) is 9.83. The maximum absolute atomic E-state index is 13.3. The predicted molar refractivity (Wildman–Crippen MR) is 130 cm³/mol. The van der Waals surface area contributed by atoms with Crippen LogP contribution in [0.1, 0.15) is 50.3 Å². The van der Waals surface area contributed by atoms with E-state index in [-0.39, 0.29) is 31.0 Å². The van der Waals surface area contributed by atoms with Crippen molar-refractivity contribution in [2.75, 3.05) is 6.61 Å². The molecule has 2 aromatic rings. The largest absolute Gasteiger partial charge is 0.483 e. The monoisotopic (exact) mass is 478 g/mol. The lowest BCUT2D eigenvalue weighted by molar-refractivity contribution is -0.143. The van der Waals surface area contributed by atoms with Gasteiger partial charge in [-0.15, -0.1) is 0 Å². The first-order valence-electron chi connectivity index (χ1n) is 10.9. The minimum atomic E-state index is -0.631. The zero-order valence-electron chi connectivity index (χ0n) is 19.4. The second kappa shape index (κ2) is 12.1. The molecular formula is C25H32Cl2N2O3. The molecule has 2 amide bonds. The summed E-state index contributed by atoms with van der Waals surface area (Å²) in [4.78, 5) is 27.8. The molecule has 1 N–H and O–H groups in total. The van der Waals surface area contributed by atoms with Gasteiger partial charge in [0.25, 0.3) is 5.91 Å². The van der Waals surface area contributed by atoms with Crippen LogP contribution in [0.4, 0.5) is 0 Å². The third kappa shape index (κ3) is 7.14. The quantitative estimate of drug-likeness (QED) is 0.475. The fraction of sp³-hybridized carbons (Fsp3) is 0.440. The van der Waals surface area contributed by atoms with E-state index in [0.29, 0.717) is 22.2 Å². The Morgan fingerprint density at radius 1 is 1.03 bits per heavy atom. The first-order chi connectivity index (χ1) is 15.2. The number of carbonyl (C=O) groups excluding carboxylic acids is 2. The molecule has 2 aromatic carbocycles. The fourth-order valence-electron chi connectivity index (χ4n) is 3.38. The molecule has 0 aliphatic carbocycles. The number of carbonyl (C=O) groups is 2. The zero-order valence-corrected chi connectivity index (χ0v) is 20.9. The van der Waals surface area contributed by atoms with E-state index >= 15 is 0 Å². The van der Waals surface area contributed by atoms with Crippen molar-refractivity contribution in [2.24, 2.45) is 0 Å². The summed E-state index contributed by atoms with van der Waals surface area (Å²) in [6, 6.07) is 10.4. The van der Waals surface area contributed by atoms with Crippen LogP contribution in [-0.4, -0.2) is 35.4 Å². The summed E-state index contributed by atoms with van der Waals surface area (Å²) in [5.41, 5.74) is 2.86. The van der Waals surface area contributed by atoms with Gasteiger partial charge in [0.15, 0.2) is 6.61 Å². The SMILES string of the molecule is CC[C@@H](C)NC(=O)[C@H](CC)N(Cc1ccc(Cl)c(Cl)c1)C(=O)COc1ccc(C)cc1C. The van der Waals surface area contributed by atoms with E-state index in [1.807, 2.05) is 52.8 Å². The molecule has 0 aliphatic rings. The minimum Gasteiger partial charge on any atom is -0.483 e. The number of hydrogen-bond donors (Lipinski definition) is 1. The summed E-state index contributed by atoms with van der Waals surface area (Å²) >= 11 is 12.2. The molecule has 0 heterocycles.